The summed E-state index contributed by atoms with van der Waals surface area (Å²) in [5, 5.41) is 3.06. The molecule has 3 aromatic rings. The van der Waals surface area contributed by atoms with Crippen LogP contribution in [0.1, 0.15) is 24.0 Å². The molecule has 1 fully saturated rings. The van der Waals surface area contributed by atoms with Crippen molar-refractivity contribution >= 4 is 5.91 Å². The molecule has 0 unspecified atom stereocenters. The number of hydrogen-bond acceptors (Lipinski definition) is 5. The zero-order chi connectivity index (χ0) is 23.6. The van der Waals surface area contributed by atoms with Crippen molar-refractivity contribution in [3.8, 4) is 17.2 Å². The van der Waals surface area contributed by atoms with Gasteiger partial charge in [0, 0.05) is 25.2 Å². The Morgan fingerprint density at radius 3 is 2.12 bits per heavy atom. The van der Waals surface area contributed by atoms with E-state index in [9.17, 15) is 4.79 Å². The predicted octanol–water partition coefficient (Wildman–Crippen LogP) is 4.52. The van der Waals surface area contributed by atoms with Crippen LogP contribution in [0, 0.1) is 0 Å². The first-order valence-electron chi connectivity index (χ1n) is 11.6. The summed E-state index contributed by atoms with van der Waals surface area (Å²) >= 11 is 0. The highest BCUT2D eigenvalue weighted by Crippen LogP contribution is 2.35. The number of amides is 1. The van der Waals surface area contributed by atoms with Gasteiger partial charge < -0.3 is 24.3 Å². The summed E-state index contributed by atoms with van der Waals surface area (Å²) in [6.45, 7) is 2.36. The summed E-state index contributed by atoms with van der Waals surface area (Å²) < 4.78 is 22.3. The van der Waals surface area contributed by atoms with Gasteiger partial charge in [0.1, 0.15) is 23.9 Å². The molecule has 4 rings (SSSR count). The molecule has 1 saturated heterocycles. The van der Waals surface area contributed by atoms with Crippen molar-refractivity contribution in [3.63, 3.8) is 0 Å². The second kappa shape index (κ2) is 11.6. The van der Waals surface area contributed by atoms with E-state index in [-0.39, 0.29) is 17.9 Å². The minimum Gasteiger partial charge on any atom is -0.497 e. The first-order valence-corrected chi connectivity index (χ1v) is 11.6. The highest BCUT2D eigenvalue weighted by molar-refractivity contribution is 5.77. The molecular weight excluding hydrogens is 430 g/mol. The number of rotatable bonds is 10. The number of carbonyl (C=O) groups excluding carboxylic acids is 1. The molecule has 0 bridgehead atoms. The molecule has 6 heteroatoms. The van der Waals surface area contributed by atoms with Gasteiger partial charge in [0.25, 0.3) is 5.91 Å². The van der Waals surface area contributed by atoms with Crippen molar-refractivity contribution in [1.82, 2.24) is 5.32 Å². The molecule has 0 aromatic heterocycles. The van der Waals surface area contributed by atoms with Gasteiger partial charge in [0.15, 0.2) is 6.61 Å². The van der Waals surface area contributed by atoms with Crippen LogP contribution in [0.2, 0.25) is 0 Å². The number of methoxy groups -OCH3 is 1. The van der Waals surface area contributed by atoms with Gasteiger partial charge in [0.05, 0.1) is 7.11 Å². The van der Waals surface area contributed by atoms with E-state index in [1.807, 2.05) is 66.7 Å². The fourth-order valence-electron chi connectivity index (χ4n) is 4.11. The Hall–Kier alpha value is -3.51. The zero-order valence-corrected chi connectivity index (χ0v) is 19.5. The molecule has 0 spiro atoms. The highest BCUT2D eigenvalue weighted by atomic mass is 16.5. The maximum atomic E-state index is 12.5. The van der Waals surface area contributed by atoms with Crippen LogP contribution in [-0.4, -0.2) is 39.4 Å². The first-order chi connectivity index (χ1) is 16.7. The molecule has 1 aliphatic heterocycles. The van der Waals surface area contributed by atoms with Crippen LogP contribution < -0.4 is 19.5 Å². The van der Waals surface area contributed by atoms with Gasteiger partial charge in [-0.15, -0.1) is 0 Å². The van der Waals surface area contributed by atoms with E-state index in [0.717, 1.165) is 29.9 Å². The molecule has 34 heavy (non-hydrogen) atoms. The van der Waals surface area contributed by atoms with E-state index in [2.05, 4.69) is 17.4 Å². The van der Waals surface area contributed by atoms with Crippen molar-refractivity contribution < 1.29 is 23.7 Å². The molecule has 1 heterocycles. The summed E-state index contributed by atoms with van der Waals surface area (Å²) in [4.78, 5) is 12.5. The van der Waals surface area contributed by atoms with Crippen LogP contribution in [0.4, 0.5) is 0 Å². The number of ether oxygens (including phenoxy) is 4. The molecule has 6 nitrogen and oxygen atoms in total. The van der Waals surface area contributed by atoms with Crippen LogP contribution >= 0.6 is 0 Å². The average Bonchev–Trinajstić information content (AvgIpc) is 2.91. The van der Waals surface area contributed by atoms with Crippen molar-refractivity contribution in [3.05, 3.63) is 90.0 Å². The monoisotopic (exact) mass is 461 g/mol. The topological polar surface area (TPSA) is 66.0 Å². The summed E-state index contributed by atoms with van der Waals surface area (Å²) in [6, 6.07) is 25.4. The Bertz CT molecular complexity index is 1030. The van der Waals surface area contributed by atoms with E-state index in [0.29, 0.717) is 32.1 Å². The van der Waals surface area contributed by atoms with E-state index in [1.54, 1.807) is 7.11 Å². The fraction of sp³-hybridized carbons (Fsp3) is 0.321. The van der Waals surface area contributed by atoms with Crippen LogP contribution in [0.5, 0.6) is 17.2 Å². The van der Waals surface area contributed by atoms with Crippen molar-refractivity contribution in [2.75, 3.05) is 33.5 Å². The SMILES string of the molecule is COc1ccc(C2(CNC(=O)COc3ccc(OCc4ccccc4)cc3)CCOCC2)cc1. The smallest absolute Gasteiger partial charge is 0.257 e. The van der Waals surface area contributed by atoms with E-state index < -0.39 is 0 Å². The van der Waals surface area contributed by atoms with E-state index in [4.69, 9.17) is 18.9 Å². The minimum atomic E-state index is -0.155. The molecule has 1 amide bonds. The lowest BCUT2D eigenvalue weighted by molar-refractivity contribution is -0.123. The third-order valence-corrected chi connectivity index (χ3v) is 6.22. The fourth-order valence-corrected chi connectivity index (χ4v) is 4.11. The van der Waals surface area contributed by atoms with E-state index >= 15 is 0 Å². The number of nitrogens with one attached hydrogen (secondary N) is 1. The second-order valence-electron chi connectivity index (χ2n) is 8.43. The predicted molar refractivity (Wildman–Crippen MR) is 130 cm³/mol. The lowest BCUT2D eigenvalue weighted by Gasteiger charge is -2.38. The summed E-state index contributed by atoms with van der Waals surface area (Å²) in [5.41, 5.74) is 2.14. The number of hydrogen-bond donors (Lipinski definition) is 1. The Morgan fingerprint density at radius 1 is 0.853 bits per heavy atom. The zero-order valence-electron chi connectivity index (χ0n) is 19.5. The van der Waals surface area contributed by atoms with Crippen LogP contribution in [-0.2, 0) is 21.6 Å². The highest BCUT2D eigenvalue weighted by Gasteiger charge is 2.34. The van der Waals surface area contributed by atoms with Gasteiger partial charge in [0.2, 0.25) is 0 Å². The standard InChI is InChI=1S/C28H31NO5/c1-31-24-9-7-23(8-10-24)28(15-17-32-18-16-28)21-29-27(30)20-34-26-13-11-25(12-14-26)33-19-22-5-3-2-4-6-22/h2-14H,15-21H2,1H3,(H,29,30). The van der Waals surface area contributed by atoms with Crippen molar-refractivity contribution in [1.29, 1.82) is 0 Å². The van der Waals surface area contributed by atoms with E-state index in [1.165, 1.54) is 5.56 Å². The van der Waals surface area contributed by atoms with Crippen molar-refractivity contribution in [2.45, 2.75) is 24.9 Å². The van der Waals surface area contributed by atoms with Gasteiger partial charge in [-0.3, -0.25) is 4.79 Å². The third kappa shape index (κ3) is 6.29. The molecule has 1 aliphatic rings. The second-order valence-corrected chi connectivity index (χ2v) is 8.43. The maximum Gasteiger partial charge on any atom is 0.257 e. The normalized spacial score (nSPS) is 14.7. The molecule has 0 atom stereocenters. The number of benzene rings is 3. The number of carbonyl (C=O) groups is 1. The first kappa shape index (κ1) is 23.6. The summed E-state index contributed by atoms with van der Waals surface area (Å²) in [5.74, 6) is 2.04. The molecule has 178 valence electrons. The summed E-state index contributed by atoms with van der Waals surface area (Å²) in [7, 11) is 1.66. The lowest BCUT2D eigenvalue weighted by atomic mass is 9.74. The Balaban J connectivity index is 1.27. The quantitative estimate of drug-likeness (QED) is 0.481. The van der Waals surface area contributed by atoms with Gasteiger partial charge in [-0.2, -0.15) is 0 Å². The van der Waals surface area contributed by atoms with Crippen LogP contribution in [0.25, 0.3) is 0 Å². The van der Waals surface area contributed by atoms with Crippen LogP contribution in [0.15, 0.2) is 78.9 Å². The Kier molecular flexibility index (Phi) is 8.04. The molecular formula is C28H31NO5. The van der Waals surface area contributed by atoms with Gasteiger partial charge >= 0.3 is 0 Å². The molecule has 0 saturated carbocycles. The Morgan fingerprint density at radius 2 is 1.47 bits per heavy atom. The lowest BCUT2D eigenvalue weighted by Crippen LogP contribution is -2.45. The van der Waals surface area contributed by atoms with Gasteiger partial charge in [-0.25, -0.2) is 0 Å². The minimum absolute atomic E-state index is 0.0423. The summed E-state index contributed by atoms with van der Waals surface area (Å²) in [6.07, 6.45) is 1.70. The molecule has 0 aliphatic carbocycles. The third-order valence-electron chi connectivity index (χ3n) is 6.22. The maximum absolute atomic E-state index is 12.5. The van der Waals surface area contributed by atoms with Crippen molar-refractivity contribution in [2.24, 2.45) is 0 Å². The largest absolute Gasteiger partial charge is 0.497 e. The van der Waals surface area contributed by atoms with Gasteiger partial charge in [-0.1, -0.05) is 42.5 Å². The molecule has 3 aromatic carbocycles. The molecule has 1 N–H and O–H groups in total. The molecule has 0 radical (unpaired) electrons. The Labute approximate surface area is 200 Å². The van der Waals surface area contributed by atoms with Gasteiger partial charge in [-0.05, 0) is 60.4 Å². The van der Waals surface area contributed by atoms with Crippen LogP contribution in [0.3, 0.4) is 0 Å². The average molecular weight is 462 g/mol.